The van der Waals surface area contributed by atoms with Crippen LogP contribution in [0.3, 0.4) is 0 Å². The number of carbonyl (C=O) groups is 1. The Balaban J connectivity index is 1.57. The molecule has 0 aliphatic heterocycles. The van der Waals surface area contributed by atoms with E-state index in [4.69, 9.17) is 0 Å². The molecule has 1 aliphatic rings. The molecule has 1 amide bonds. The van der Waals surface area contributed by atoms with Crippen molar-refractivity contribution in [1.29, 1.82) is 0 Å². The molecule has 0 saturated heterocycles. The van der Waals surface area contributed by atoms with Crippen molar-refractivity contribution in [2.24, 2.45) is 0 Å². The van der Waals surface area contributed by atoms with Gasteiger partial charge in [-0.3, -0.25) is 4.79 Å². The molecule has 26 heavy (non-hydrogen) atoms. The van der Waals surface area contributed by atoms with Crippen LogP contribution in [0.2, 0.25) is 0 Å². The van der Waals surface area contributed by atoms with Crippen LogP contribution in [0.25, 0.3) is 11.0 Å². The van der Waals surface area contributed by atoms with Crippen LogP contribution in [0.5, 0.6) is 0 Å². The van der Waals surface area contributed by atoms with E-state index in [1.54, 1.807) is 31.1 Å². The maximum absolute atomic E-state index is 12.0. The lowest BCUT2D eigenvalue weighted by molar-refractivity contribution is 0.0827. The number of nitrogens with zero attached hydrogens (tertiary/aromatic N) is 3. The van der Waals surface area contributed by atoms with Crippen molar-refractivity contribution in [3.05, 3.63) is 42.1 Å². The second-order valence-electron chi connectivity index (χ2n) is 6.81. The molecule has 7 heteroatoms. The number of anilines is 3. The third kappa shape index (κ3) is 3.20. The Hall–Kier alpha value is -3.09. The van der Waals surface area contributed by atoms with Gasteiger partial charge in [0.15, 0.2) is 0 Å². The maximum atomic E-state index is 12.0. The number of nitrogens with one attached hydrogen (secondary N) is 3. The van der Waals surface area contributed by atoms with Crippen LogP contribution in [0.4, 0.5) is 17.5 Å². The zero-order valence-corrected chi connectivity index (χ0v) is 14.9. The highest BCUT2D eigenvalue weighted by atomic mass is 16.2. The number of rotatable bonds is 5. The average molecular weight is 350 g/mol. The van der Waals surface area contributed by atoms with E-state index in [-0.39, 0.29) is 5.91 Å². The van der Waals surface area contributed by atoms with E-state index in [2.05, 4.69) is 25.6 Å². The topological polar surface area (TPSA) is 85.9 Å². The number of hydrogen-bond acceptors (Lipinski definition) is 5. The van der Waals surface area contributed by atoms with Crippen LogP contribution in [0.15, 0.2) is 36.5 Å². The summed E-state index contributed by atoms with van der Waals surface area (Å²) in [6.07, 6.45) is 5.50. The molecule has 1 aromatic carbocycles. The van der Waals surface area contributed by atoms with Gasteiger partial charge in [-0.05, 0) is 49.6 Å². The summed E-state index contributed by atoms with van der Waals surface area (Å²) in [7, 11) is 3.48. The normalized spacial score (nSPS) is 14.1. The fourth-order valence-electron chi connectivity index (χ4n) is 2.94. The van der Waals surface area contributed by atoms with E-state index in [1.165, 1.54) is 19.3 Å². The molecule has 1 fully saturated rings. The lowest BCUT2D eigenvalue weighted by atomic mass is 9.93. The van der Waals surface area contributed by atoms with Gasteiger partial charge in [-0.15, -0.1) is 0 Å². The number of benzene rings is 1. The summed E-state index contributed by atoms with van der Waals surface area (Å²) in [5, 5.41) is 7.73. The van der Waals surface area contributed by atoms with Crippen molar-refractivity contribution in [2.45, 2.75) is 25.3 Å². The molecular weight excluding hydrogens is 328 g/mol. The summed E-state index contributed by atoms with van der Waals surface area (Å²) in [5.41, 5.74) is 2.28. The van der Waals surface area contributed by atoms with Crippen LogP contribution >= 0.6 is 0 Å². The van der Waals surface area contributed by atoms with Crippen LogP contribution in [0.1, 0.15) is 29.6 Å². The molecule has 2 heterocycles. The highest BCUT2D eigenvalue weighted by Gasteiger charge is 2.19. The van der Waals surface area contributed by atoms with Gasteiger partial charge in [0.25, 0.3) is 5.91 Å². The predicted molar refractivity (Wildman–Crippen MR) is 103 cm³/mol. The molecule has 1 aliphatic carbocycles. The van der Waals surface area contributed by atoms with Gasteiger partial charge in [-0.1, -0.05) is 0 Å². The predicted octanol–water partition coefficient (Wildman–Crippen LogP) is 3.37. The largest absolute Gasteiger partial charge is 0.367 e. The Labute approximate surface area is 151 Å². The first-order chi connectivity index (χ1) is 12.6. The summed E-state index contributed by atoms with van der Waals surface area (Å²) in [6, 6.07) is 9.79. The number of amides is 1. The molecule has 2 aromatic heterocycles. The molecule has 3 N–H and O–H groups in total. The lowest BCUT2D eigenvalue weighted by Crippen LogP contribution is -2.27. The standard InChI is InChI=1S/C19H22N6O/c1-25(2)18(26)12-6-8-14(9-7-12)22-19-23-16-15(10-11-20-16)17(24-19)21-13-4-3-5-13/h6-11,13H,3-5H2,1-2H3,(H3,20,21,22,23,24). The first-order valence-corrected chi connectivity index (χ1v) is 8.80. The summed E-state index contributed by atoms with van der Waals surface area (Å²) in [5.74, 6) is 1.35. The van der Waals surface area contributed by atoms with Gasteiger partial charge in [0.2, 0.25) is 5.95 Å². The fraction of sp³-hybridized carbons (Fsp3) is 0.316. The second kappa shape index (κ2) is 6.67. The molecular formula is C19H22N6O. The van der Waals surface area contributed by atoms with Crippen molar-refractivity contribution < 1.29 is 4.79 Å². The van der Waals surface area contributed by atoms with Crippen molar-refractivity contribution in [2.75, 3.05) is 24.7 Å². The van der Waals surface area contributed by atoms with Crippen molar-refractivity contribution in [3.8, 4) is 0 Å². The first-order valence-electron chi connectivity index (χ1n) is 8.80. The van der Waals surface area contributed by atoms with Crippen LogP contribution in [-0.2, 0) is 0 Å². The number of aromatic amines is 1. The number of hydrogen-bond donors (Lipinski definition) is 3. The minimum Gasteiger partial charge on any atom is -0.367 e. The molecule has 7 nitrogen and oxygen atoms in total. The van der Waals surface area contributed by atoms with Gasteiger partial charge in [-0.2, -0.15) is 9.97 Å². The Morgan fingerprint density at radius 1 is 1.15 bits per heavy atom. The van der Waals surface area contributed by atoms with Gasteiger partial charge < -0.3 is 20.5 Å². The maximum Gasteiger partial charge on any atom is 0.253 e. The summed E-state index contributed by atoms with van der Waals surface area (Å²) in [6.45, 7) is 0. The van der Waals surface area contributed by atoms with Crippen LogP contribution < -0.4 is 10.6 Å². The van der Waals surface area contributed by atoms with Crippen molar-refractivity contribution in [3.63, 3.8) is 0 Å². The molecule has 0 bridgehead atoms. The van der Waals surface area contributed by atoms with E-state index in [0.717, 1.165) is 22.5 Å². The second-order valence-corrected chi connectivity index (χ2v) is 6.81. The Morgan fingerprint density at radius 3 is 2.58 bits per heavy atom. The molecule has 134 valence electrons. The number of fused-ring (bicyclic) bond motifs is 1. The fourth-order valence-corrected chi connectivity index (χ4v) is 2.94. The lowest BCUT2D eigenvalue weighted by Gasteiger charge is -2.27. The monoisotopic (exact) mass is 350 g/mol. The zero-order valence-electron chi connectivity index (χ0n) is 14.9. The van der Waals surface area contributed by atoms with Gasteiger partial charge in [0, 0.05) is 37.6 Å². The van der Waals surface area contributed by atoms with Gasteiger partial charge in [0.1, 0.15) is 11.5 Å². The van der Waals surface area contributed by atoms with E-state index < -0.39 is 0 Å². The van der Waals surface area contributed by atoms with E-state index in [0.29, 0.717) is 17.6 Å². The highest BCUT2D eigenvalue weighted by molar-refractivity contribution is 5.94. The highest BCUT2D eigenvalue weighted by Crippen LogP contribution is 2.28. The van der Waals surface area contributed by atoms with Crippen LogP contribution in [-0.4, -0.2) is 45.9 Å². The Morgan fingerprint density at radius 2 is 1.92 bits per heavy atom. The molecule has 0 radical (unpaired) electrons. The summed E-state index contributed by atoms with van der Waals surface area (Å²) < 4.78 is 0. The number of aromatic nitrogens is 3. The minimum atomic E-state index is -0.0208. The van der Waals surface area contributed by atoms with Crippen molar-refractivity contribution in [1.82, 2.24) is 19.9 Å². The molecule has 3 aromatic rings. The average Bonchev–Trinajstić information content (AvgIpc) is 3.06. The third-order valence-electron chi connectivity index (χ3n) is 4.66. The zero-order chi connectivity index (χ0) is 18.1. The molecule has 0 spiro atoms. The van der Waals surface area contributed by atoms with E-state index >= 15 is 0 Å². The smallest absolute Gasteiger partial charge is 0.253 e. The molecule has 4 rings (SSSR count). The molecule has 0 unspecified atom stereocenters. The quantitative estimate of drug-likeness (QED) is 0.657. The summed E-state index contributed by atoms with van der Waals surface area (Å²) in [4.78, 5) is 25.9. The summed E-state index contributed by atoms with van der Waals surface area (Å²) >= 11 is 0. The SMILES string of the molecule is CN(C)C(=O)c1ccc(Nc2nc(NC3CCC3)c3cc[nH]c3n2)cc1. The number of carbonyl (C=O) groups excluding carboxylic acids is 1. The van der Waals surface area contributed by atoms with E-state index in [1.807, 2.05) is 24.4 Å². The number of H-pyrrole nitrogens is 1. The van der Waals surface area contributed by atoms with Gasteiger partial charge in [-0.25, -0.2) is 0 Å². The third-order valence-corrected chi connectivity index (χ3v) is 4.66. The minimum absolute atomic E-state index is 0.0208. The Kier molecular flexibility index (Phi) is 4.20. The van der Waals surface area contributed by atoms with Crippen molar-refractivity contribution >= 4 is 34.4 Å². The van der Waals surface area contributed by atoms with Gasteiger partial charge in [0.05, 0.1) is 5.39 Å². The van der Waals surface area contributed by atoms with Gasteiger partial charge >= 0.3 is 0 Å². The van der Waals surface area contributed by atoms with Crippen LogP contribution in [0, 0.1) is 0 Å². The molecule has 1 saturated carbocycles. The molecule has 0 atom stereocenters. The van der Waals surface area contributed by atoms with E-state index in [9.17, 15) is 4.79 Å². The first kappa shape index (κ1) is 16.4. The Bertz CT molecular complexity index is 927.